The first-order chi connectivity index (χ1) is 7.36. The Hall–Kier alpha value is -0.860. The van der Waals surface area contributed by atoms with Crippen molar-refractivity contribution in [3.05, 3.63) is 35.9 Å². The lowest BCUT2D eigenvalue weighted by Crippen LogP contribution is -2.35. The van der Waals surface area contributed by atoms with Gasteiger partial charge in [0.2, 0.25) is 0 Å². The van der Waals surface area contributed by atoms with Gasteiger partial charge in [0.1, 0.15) is 0 Å². The maximum Gasteiger partial charge on any atom is 0.0700 e. The fourth-order valence-corrected chi connectivity index (χ4v) is 2.05. The highest BCUT2D eigenvalue weighted by molar-refractivity contribution is 5.14. The van der Waals surface area contributed by atoms with Crippen LogP contribution in [0.4, 0.5) is 0 Å². The van der Waals surface area contributed by atoms with Gasteiger partial charge in [0.15, 0.2) is 0 Å². The summed E-state index contributed by atoms with van der Waals surface area (Å²) >= 11 is 0. The predicted molar refractivity (Wildman–Crippen MR) is 62.0 cm³/mol. The molecule has 0 unspecified atom stereocenters. The van der Waals surface area contributed by atoms with E-state index in [0.29, 0.717) is 12.1 Å². The minimum Gasteiger partial charge on any atom is -0.377 e. The van der Waals surface area contributed by atoms with E-state index in [9.17, 15) is 0 Å². The smallest absolute Gasteiger partial charge is 0.0700 e. The molecule has 1 saturated heterocycles. The first-order valence-electron chi connectivity index (χ1n) is 5.75. The molecule has 0 amide bonds. The SMILES string of the molecule is C[C@H]1OCC[C@@H]1NCCc1ccccc1. The third kappa shape index (κ3) is 3.05. The molecule has 1 fully saturated rings. The van der Waals surface area contributed by atoms with E-state index < -0.39 is 0 Å². The molecule has 0 radical (unpaired) electrons. The molecule has 2 nitrogen and oxygen atoms in total. The fourth-order valence-electron chi connectivity index (χ4n) is 2.05. The van der Waals surface area contributed by atoms with Crippen molar-refractivity contribution in [2.24, 2.45) is 0 Å². The maximum atomic E-state index is 5.51. The van der Waals surface area contributed by atoms with Crippen LogP contribution in [0.2, 0.25) is 0 Å². The Morgan fingerprint density at radius 1 is 1.33 bits per heavy atom. The zero-order valence-corrected chi connectivity index (χ0v) is 9.28. The Kier molecular flexibility index (Phi) is 3.75. The molecule has 0 bridgehead atoms. The summed E-state index contributed by atoms with van der Waals surface area (Å²) in [6.07, 6.45) is 2.63. The molecule has 2 atom stereocenters. The molecule has 15 heavy (non-hydrogen) atoms. The first kappa shape index (κ1) is 10.7. The van der Waals surface area contributed by atoms with E-state index >= 15 is 0 Å². The van der Waals surface area contributed by atoms with E-state index in [1.165, 1.54) is 5.56 Å². The molecule has 1 aliphatic heterocycles. The van der Waals surface area contributed by atoms with Gasteiger partial charge in [-0.3, -0.25) is 0 Å². The molecule has 1 N–H and O–H groups in total. The summed E-state index contributed by atoms with van der Waals surface area (Å²) in [5.41, 5.74) is 1.40. The van der Waals surface area contributed by atoms with Gasteiger partial charge in [-0.2, -0.15) is 0 Å². The molecule has 1 heterocycles. The van der Waals surface area contributed by atoms with Crippen molar-refractivity contribution >= 4 is 0 Å². The van der Waals surface area contributed by atoms with Crippen LogP contribution < -0.4 is 5.32 Å². The molecule has 1 aromatic rings. The molecule has 0 aliphatic carbocycles. The van der Waals surface area contributed by atoms with Crippen molar-refractivity contribution < 1.29 is 4.74 Å². The van der Waals surface area contributed by atoms with Gasteiger partial charge in [0.05, 0.1) is 6.10 Å². The van der Waals surface area contributed by atoms with Crippen molar-refractivity contribution in [3.63, 3.8) is 0 Å². The van der Waals surface area contributed by atoms with Crippen LogP contribution in [0.25, 0.3) is 0 Å². The van der Waals surface area contributed by atoms with Crippen LogP contribution in [0, 0.1) is 0 Å². The molecule has 1 aliphatic rings. The van der Waals surface area contributed by atoms with Gasteiger partial charge in [-0.15, -0.1) is 0 Å². The Bertz CT molecular complexity index is 286. The predicted octanol–water partition coefficient (Wildman–Crippen LogP) is 2.00. The van der Waals surface area contributed by atoms with Gasteiger partial charge in [-0.05, 0) is 31.9 Å². The number of hydrogen-bond donors (Lipinski definition) is 1. The van der Waals surface area contributed by atoms with Gasteiger partial charge in [0, 0.05) is 12.6 Å². The molecular formula is C13H19NO. The zero-order valence-electron chi connectivity index (χ0n) is 9.28. The summed E-state index contributed by atoms with van der Waals surface area (Å²) in [6.45, 7) is 4.10. The summed E-state index contributed by atoms with van der Waals surface area (Å²) < 4.78 is 5.51. The van der Waals surface area contributed by atoms with E-state index in [2.05, 4.69) is 42.6 Å². The molecule has 0 saturated carbocycles. The Balaban J connectivity index is 1.71. The van der Waals surface area contributed by atoms with Crippen LogP contribution in [0.15, 0.2) is 30.3 Å². The lowest BCUT2D eigenvalue weighted by molar-refractivity contribution is 0.113. The highest BCUT2D eigenvalue weighted by atomic mass is 16.5. The van der Waals surface area contributed by atoms with Crippen molar-refractivity contribution in [3.8, 4) is 0 Å². The van der Waals surface area contributed by atoms with Crippen molar-refractivity contribution in [1.82, 2.24) is 5.32 Å². The molecular weight excluding hydrogens is 186 g/mol. The zero-order chi connectivity index (χ0) is 10.5. The van der Waals surface area contributed by atoms with Crippen LogP contribution in [0.5, 0.6) is 0 Å². The van der Waals surface area contributed by atoms with Crippen LogP contribution in [0.1, 0.15) is 18.9 Å². The second-order valence-electron chi connectivity index (χ2n) is 4.16. The van der Waals surface area contributed by atoms with Crippen LogP contribution in [0.3, 0.4) is 0 Å². The third-order valence-electron chi connectivity index (χ3n) is 3.04. The van der Waals surface area contributed by atoms with Gasteiger partial charge in [0.25, 0.3) is 0 Å². The quantitative estimate of drug-likeness (QED) is 0.811. The van der Waals surface area contributed by atoms with Gasteiger partial charge < -0.3 is 10.1 Å². The maximum absolute atomic E-state index is 5.51. The van der Waals surface area contributed by atoms with E-state index in [-0.39, 0.29) is 0 Å². The third-order valence-corrected chi connectivity index (χ3v) is 3.04. The van der Waals surface area contributed by atoms with Crippen LogP contribution >= 0.6 is 0 Å². The van der Waals surface area contributed by atoms with Crippen molar-refractivity contribution in [2.45, 2.75) is 31.9 Å². The first-order valence-corrected chi connectivity index (χ1v) is 5.75. The second kappa shape index (κ2) is 5.29. The van der Waals surface area contributed by atoms with Gasteiger partial charge in [-0.1, -0.05) is 30.3 Å². The molecule has 2 heteroatoms. The molecule has 1 aromatic carbocycles. The standard InChI is InChI=1S/C13H19NO/c1-11-13(8-10-15-11)14-9-7-12-5-3-2-4-6-12/h2-6,11,13-14H,7-10H2,1H3/t11-,13+/m1/s1. The largest absolute Gasteiger partial charge is 0.377 e. The minimum atomic E-state index is 0.376. The van der Waals surface area contributed by atoms with Gasteiger partial charge >= 0.3 is 0 Å². The molecule has 0 spiro atoms. The van der Waals surface area contributed by atoms with Gasteiger partial charge in [-0.25, -0.2) is 0 Å². The van der Waals surface area contributed by atoms with Crippen LogP contribution in [-0.4, -0.2) is 25.3 Å². The number of benzene rings is 1. The van der Waals surface area contributed by atoms with E-state index in [1.54, 1.807) is 0 Å². The Labute approximate surface area is 91.6 Å². The highest BCUT2D eigenvalue weighted by Crippen LogP contribution is 2.12. The number of ether oxygens (including phenoxy) is 1. The summed E-state index contributed by atoms with van der Waals surface area (Å²) in [7, 11) is 0. The lowest BCUT2D eigenvalue weighted by Gasteiger charge is -2.15. The number of rotatable bonds is 4. The summed E-state index contributed by atoms with van der Waals surface area (Å²) in [5, 5.41) is 3.55. The lowest BCUT2D eigenvalue weighted by atomic mass is 10.1. The second-order valence-corrected chi connectivity index (χ2v) is 4.16. The minimum absolute atomic E-state index is 0.376. The highest BCUT2D eigenvalue weighted by Gasteiger charge is 2.22. The summed E-state index contributed by atoms with van der Waals surface area (Å²) in [4.78, 5) is 0. The Morgan fingerprint density at radius 3 is 2.80 bits per heavy atom. The van der Waals surface area contributed by atoms with Crippen molar-refractivity contribution in [1.29, 1.82) is 0 Å². The average Bonchev–Trinajstić information content (AvgIpc) is 2.66. The average molecular weight is 205 g/mol. The molecule has 82 valence electrons. The summed E-state index contributed by atoms with van der Waals surface area (Å²) in [6, 6.07) is 11.2. The van der Waals surface area contributed by atoms with Crippen molar-refractivity contribution in [2.75, 3.05) is 13.2 Å². The number of hydrogen-bond acceptors (Lipinski definition) is 2. The molecule has 0 aromatic heterocycles. The topological polar surface area (TPSA) is 21.3 Å². The molecule has 2 rings (SSSR count). The van der Waals surface area contributed by atoms with Crippen LogP contribution in [-0.2, 0) is 11.2 Å². The Morgan fingerprint density at radius 2 is 2.13 bits per heavy atom. The monoisotopic (exact) mass is 205 g/mol. The fraction of sp³-hybridized carbons (Fsp3) is 0.538. The normalized spacial score (nSPS) is 25.7. The number of nitrogens with one attached hydrogen (secondary N) is 1. The van der Waals surface area contributed by atoms with E-state index in [0.717, 1.165) is 26.0 Å². The summed E-state index contributed by atoms with van der Waals surface area (Å²) in [5.74, 6) is 0. The van der Waals surface area contributed by atoms with E-state index in [1.807, 2.05) is 0 Å². The van der Waals surface area contributed by atoms with E-state index in [4.69, 9.17) is 4.74 Å².